The summed E-state index contributed by atoms with van der Waals surface area (Å²) in [7, 11) is 0. The summed E-state index contributed by atoms with van der Waals surface area (Å²) in [6.07, 6.45) is 1.73. The van der Waals surface area contributed by atoms with Crippen molar-refractivity contribution in [3.63, 3.8) is 0 Å². The second-order valence-electron chi connectivity index (χ2n) is 3.17. The molecule has 3 nitrogen and oxygen atoms in total. The van der Waals surface area contributed by atoms with E-state index in [4.69, 9.17) is 4.74 Å². The van der Waals surface area contributed by atoms with Crippen LogP contribution in [0.15, 0.2) is 41.3 Å². The lowest BCUT2D eigenvalue weighted by Crippen LogP contribution is -1.91. The van der Waals surface area contributed by atoms with Gasteiger partial charge in [-0.05, 0) is 53.2 Å². The van der Waals surface area contributed by atoms with Crippen molar-refractivity contribution in [2.75, 3.05) is 6.61 Å². The summed E-state index contributed by atoms with van der Waals surface area (Å²) in [6, 6.07) is 9.73. The maximum absolute atomic E-state index is 5.38. The Balaban J connectivity index is 2.27. The number of hydrogen-bond donors (Lipinski definition) is 0. The van der Waals surface area contributed by atoms with Crippen LogP contribution in [0.4, 0.5) is 0 Å². The Bertz CT molecular complexity index is 471. The van der Waals surface area contributed by atoms with Gasteiger partial charge in [0.25, 0.3) is 0 Å². The van der Waals surface area contributed by atoms with Crippen LogP contribution >= 0.6 is 15.9 Å². The average Bonchev–Trinajstić information content (AvgIpc) is 2.30. The largest absolute Gasteiger partial charge is 0.494 e. The zero-order chi connectivity index (χ0) is 11.4. The Kier molecular flexibility index (Phi) is 3.51. The average molecular weight is 279 g/mol. The minimum atomic E-state index is 0.596. The van der Waals surface area contributed by atoms with Gasteiger partial charge in [-0.1, -0.05) is 0 Å². The van der Waals surface area contributed by atoms with Gasteiger partial charge in [0.05, 0.1) is 12.3 Å². The molecule has 1 aromatic heterocycles. The van der Waals surface area contributed by atoms with E-state index in [-0.39, 0.29) is 0 Å². The molecule has 2 rings (SSSR count). The van der Waals surface area contributed by atoms with Crippen LogP contribution in [0, 0.1) is 0 Å². The van der Waals surface area contributed by atoms with Gasteiger partial charge in [0.2, 0.25) is 0 Å². The zero-order valence-electron chi connectivity index (χ0n) is 8.85. The van der Waals surface area contributed by atoms with Gasteiger partial charge >= 0.3 is 0 Å². The van der Waals surface area contributed by atoms with Gasteiger partial charge in [0.1, 0.15) is 5.75 Å². The Morgan fingerprint density at radius 3 is 2.56 bits per heavy atom. The third-order valence-electron chi connectivity index (χ3n) is 2.09. The number of benzene rings is 1. The first-order valence-electron chi connectivity index (χ1n) is 5.01. The highest BCUT2D eigenvalue weighted by atomic mass is 79.9. The quantitative estimate of drug-likeness (QED) is 0.808. The predicted molar refractivity (Wildman–Crippen MR) is 66.3 cm³/mol. The second kappa shape index (κ2) is 5.07. The number of halogens is 1. The monoisotopic (exact) mass is 278 g/mol. The molecule has 4 heteroatoms. The SMILES string of the molecule is CCOc1ccc(-c2ccnc(Br)n2)cc1. The minimum absolute atomic E-state index is 0.596. The highest BCUT2D eigenvalue weighted by molar-refractivity contribution is 9.10. The predicted octanol–water partition coefficient (Wildman–Crippen LogP) is 3.30. The van der Waals surface area contributed by atoms with Crippen molar-refractivity contribution in [3.05, 3.63) is 41.3 Å². The molecule has 0 aliphatic carbocycles. The van der Waals surface area contributed by atoms with Crippen molar-refractivity contribution in [2.45, 2.75) is 6.92 Å². The van der Waals surface area contributed by atoms with Crippen LogP contribution in [0.25, 0.3) is 11.3 Å². The highest BCUT2D eigenvalue weighted by Crippen LogP contribution is 2.21. The Morgan fingerprint density at radius 1 is 1.19 bits per heavy atom. The number of ether oxygens (including phenoxy) is 1. The molecule has 82 valence electrons. The van der Waals surface area contributed by atoms with Crippen molar-refractivity contribution in [2.24, 2.45) is 0 Å². The van der Waals surface area contributed by atoms with Gasteiger partial charge in [0.15, 0.2) is 4.73 Å². The third-order valence-corrected chi connectivity index (χ3v) is 2.47. The molecule has 0 spiro atoms. The van der Waals surface area contributed by atoms with E-state index in [1.807, 2.05) is 37.3 Å². The lowest BCUT2D eigenvalue weighted by molar-refractivity contribution is 0.340. The Hall–Kier alpha value is -1.42. The summed E-state index contributed by atoms with van der Waals surface area (Å²) in [5.74, 6) is 0.874. The molecule has 0 saturated heterocycles. The molecule has 16 heavy (non-hydrogen) atoms. The first-order chi connectivity index (χ1) is 7.79. The van der Waals surface area contributed by atoms with Crippen LogP contribution in [-0.4, -0.2) is 16.6 Å². The fraction of sp³-hybridized carbons (Fsp3) is 0.167. The second-order valence-corrected chi connectivity index (χ2v) is 3.88. The van der Waals surface area contributed by atoms with E-state index >= 15 is 0 Å². The molecule has 0 N–H and O–H groups in total. The van der Waals surface area contributed by atoms with Crippen molar-refractivity contribution >= 4 is 15.9 Å². The van der Waals surface area contributed by atoms with E-state index < -0.39 is 0 Å². The standard InChI is InChI=1S/C12H11BrN2O/c1-2-16-10-5-3-9(4-6-10)11-7-8-14-12(13)15-11/h3-8H,2H2,1H3. The molecular weight excluding hydrogens is 268 g/mol. The molecule has 2 aromatic rings. The van der Waals surface area contributed by atoms with E-state index in [9.17, 15) is 0 Å². The molecule has 0 aliphatic rings. The van der Waals surface area contributed by atoms with Crippen LogP contribution < -0.4 is 4.74 Å². The van der Waals surface area contributed by atoms with E-state index in [2.05, 4.69) is 25.9 Å². The van der Waals surface area contributed by atoms with Gasteiger partial charge in [-0.25, -0.2) is 9.97 Å². The van der Waals surface area contributed by atoms with E-state index in [0.717, 1.165) is 17.0 Å². The molecule has 0 unspecified atom stereocenters. The van der Waals surface area contributed by atoms with Crippen molar-refractivity contribution < 1.29 is 4.74 Å². The summed E-state index contributed by atoms with van der Waals surface area (Å²) in [5.41, 5.74) is 1.94. The van der Waals surface area contributed by atoms with Gasteiger partial charge < -0.3 is 4.74 Å². The van der Waals surface area contributed by atoms with Crippen LogP contribution in [0.3, 0.4) is 0 Å². The molecular formula is C12H11BrN2O. The molecule has 0 aliphatic heterocycles. The topological polar surface area (TPSA) is 35.0 Å². The maximum atomic E-state index is 5.38. The van der Waals surface area contributed by atoms with Gasteiger partial charge in [-0.2, -0.15) is 0 Å². The Morgan fingerprint density at radius 2 is 1.94 bits per heavy atom. The number of aromatic nitrogens is 2. The molecule has 1 aromatic carbocycles. The Labute approximate surface area is 103 Å². The number of nitrogens with zero attached hydrogens (tertiary/aromatic N) is 2. The fourth-order valence-electron chi connectivity index (χ4n) is 1.38. The smallest absolute Gasteiger partial charge is 0.197 e. The number of rotatable bonds is 3. The van der Waals surface area contributed by atoms with Crippen LogP contribution in [-0.2, 0) is 0 Å². The van der Waals surface area contributed by atoms with Crippen LogP contribution in [0.1, 0.15) is 6.92 Å². The lowest BCUT2D eigenvalue weighted by Gasteiger charge is -2.04. The molecule has 0 radical (unpaired) electrons. The summed E-state index contributed by atoms with van der Waals surface area (Å²) in [5, 5.41) is 0. The molecule has 0 bridgehead atoms. The summed E-state index contributed by atoms with van der Waals surface area (Å²) in [4.78, 5) is 8.28. The summed E-state index contributed by atoms with van der Waals surface area (Å²) < 4.78 is 5.97. The van der Waals surface area contributed by atoms with E-state index in [0.29, 0.717) is 11.3 Å². The van der Waals surface area contributed by atoms with Crippen molar-refractivity contribution in [3.8, 4) is 17.0 Å². The zero-order valence-corrected chi connectivity index (χ0v) is 10.4. The van der Waals surface area contributed by atoms with Gasteiger partial charge in [-0.3, -0.25) is 0 Å². The summed E-state index contributed by atoms with van der Waals surface area (Å²) >= 11 is 3.25. The lowest BCUT2D eigenvalue weighted by atomic mass is 10.1. The van der Waals surface area contributed by atoms with Crippen LogP contribution in [0.5, 0.6) is 5.75 Å². The first-order valence-corrected chi connectivity index (χ1v) is 5.80. The van der Waals surface area contributed by atoms with E-state index in [1.165, 1.54) is 0 Å². The highest BCUT2D eigenvalue weighted by Gasteiger charge is 2.00. The molecule has 0 saturated carbocycles. The summed E-state index contributed by atoms with van der Waals surface area (Å²) in [6.45, 7) is 2.65. The first kappa shape index (κ1) is 11.1. The van der Waals surface area contributed by atoms with Crippen molar-refractivity contribution in [1.82, 2.24) is 9.97 Å². The molecule has 0 atom stereocenters. The molecule has 0 fully saturated rings. The molecule has 0 amide bonds. The number of hydrogen-bond acceptors (Lipinski definition) is 3. The maximum Gasteiger partial charge on any atom is 0.197 e. The third kappa shape index (κ3) is 2.58. The van der Waals surface area contributed by atoms with E-state index in [1.54, 1.807) is 6.20 Å². The van der Waals surface area contributed by atoms with Gasteiger partial charge in [0, 0.05) is 11.8 Å². The van der Waals surface area contributed by atoms with Crippen LogP contribution in [0.2, 0.25) is 0 Å². The minimum Gasteiger partial charge on any atom is -0.494 e. The van der Waals surface area contributed by atoms with Gasteiger partial charge in [-0.15, -0.1) is 0 Å². The fourth-order valence-corrected chi connectivity index (χ4v) is 1.69. The normalized spacial score (nSPS) is 10.1. The van der Waals surface area contributed by atoms with Crippen molar-refractivity contribution in [1.29, 1.82) is 0 Å². The molecule has 1 heterocycles.